The molecule has 0 aromatic carbocycles. The number of carbonyl (C=O) groups excluding carboxylic acids is 2. The summed E-state index contributed by atoms with van der Waals surface area (Å²) in [6.45, 7) is 14.7. The van der Waals surface area contributed by atoms with Crippen LogP contribution in [0.3, 0.4) is 0 Å². The van der Waals surface area contributed by atoms with Gasteiger partial charge in [-0.15, -0.1) is 17.9 Å². The van der Waals surface area contributed by atoms with E-state index in [0.29, 0.717) is 6.42 Å². The van der Waals surface area contributed by atoms with Crippen LogP contribution >= 0.6 is 11.3 Å². The van der Waals surface area contributed by atoms with Crippen LogP contribution in [0.25, 0.3) is 6.08 Å². The number of aryl methyl sites for hydroxylation is 1. The molecule has 0 radical (unpaired) electrons. The number of fused-ring (bicyclic) bond motifs is 1. The van der Waals surface area contributed by atoms with Crippen molar-refractivity contribution in [2.24, 2.45) is 17.3 Å². The number of nitrogens with zero attached hydrogens (tertiary/aromatic N) is 1. The van der Waals surface area contributed by atoms with Crippen molar-refractivity contribution in [3.8, 4) is 0 Å². The number of aliphatic hydroxyl groups is 2. The second-order valence-electron chi connectivity index (χ2n) is 11.1. The number of ether oxygens (including phenoxy) is 2. The lowest BCUT2D eigenvalue weighted by Gasteiger charge is -2.34. The summed E-state index contributed by atoms with van der Waals surface area (Å²) in [7, 11) is 0. The number of aliphatic hydroxyl groups excluding tert-OH is 2. The van der Waals surface area contributed by atoms with E-state index in [-0.39, 0.29) is 24.2 Å². The number of cyclic esters (lactones) is 1. The monoisotopic (exact) mass is 519 g/mol. The van der Waals surface area contributed by atoms with Gasteiger partial charge in [0.15, 0.2) is 0 Å². The van der Waals surface area contributed by atoms with Gasteiger partial charge in [-0.1, -0.05) is 33.8 Å². The van der Waals surface area contributed by atoms with E-state index in [1.54, 1.807) is 32.1 Å². The third-order valence-corrected chi connectivity index (χ3v) is 8.77. The SMILES string of the molecule is C=C[C@@]12CCC[C@H](C)[C@H](O)[C@@H](C)C(=O)C(C)(C)[C@@H](O)CC(=O)O[C@H](/C(C)=C/c3csc(C)n3)C[C@@H]1O2. The number of hydrogen-bond donors (Lipinski definition) is 2. The van der Waals surface area contributed by atoms with Gasteiger partial charge in [0.25, 0.3) is 0 Å². The topological polar surface area (TPSA) is 109 Å². The zero-order valence-electron chi connectivity index (χ0n) is 22.3. The van der Waals surface area contributed by atoms with E-state index < -0.39 is 41.2 Å². The van der Waals surface area contributed by atoms with Gasteiger partial charge in [0.1, 0.15) is 17.5 Å². The molecule has 2 aliphatic rings. The van der Waals surface area contributed by atoms with Crippen molar-refractivity contribution in [1.29, 1.82) is 0 Å². The molecule has 200 valence electrons. The summed E-state index contributed by atoms with van der Waals surface area (Å²) in [5.74, 6) is -1.64. The molecular formula is C28H41NO6S. The first-order valence-electron chi connectivity index (χ1n) is 12.8. The first-order chi connectivity index (χ1) is 16.8. The van der Waals surface area contributed by atoms with Crippen molar-refractivity contribution in [3.05, 3.63) is 34.3 Å². The summed E-state index contributed by atoms with van der Waals surface area (Å²) in [6.07, 6.45) is 3.32. The minimum absolute atomic E-state index is 0.103. The van der Waals surface area contributed by atoms with E-state index in [2.05, 4.69) is 11.6 Å². The predicted molar refractivity (Wildman–Crippen MR) is 140 cm³/mol. The molecule has 8 heteroatoms. The van der Waals surface area contributed by atoms with Crippen molar-refractivity contribution in [3.63, 3.8) is 0 Å². The molecule has 0 aliphatic carbocycles. The van der Waals surface area contributed by atoms with Crippen molar-refractivity contribution in [1.82, 2.24) is 4.98 Å². The Labute approximate surface area is 218 Å². The minimum atomic E-state index is -1.24. The standard InChI is InChI=1S/C28H41NO6S/c1-8-28-11-9-10-16(2)25(32)18(4)26(33)27(6,7)22(30)14-24(31)34-21(13-23(28)35-28)17(3)12-20-15-36-19(5)29-20/h8,12,15-16,18,21-23,25,30,32H,1,9-11,13-14H2,2-7H3/b17-12+/t16-,18+,21-,22-,23-,25-,28+/m0/s1. The molecule has 3 heterocycles. The molecule has 2 N–H and O–H groups in total. The molecule has 0 amide bonds. The highest BCUT2D eigenvalue weighted by molar-refractivity contribution is 7.09. The first-order valence-corrected chi connectivity index (χ1v) is 13.7. The van der Waals surface area contributed by atoms with Crippen LogP contribution in [0.15, 0.2) is 23.6 Å². The number of thiazole rings is 1. The van der Waals surface area contributed by atoms with Crippen LogP contribution in [0.1, 0.15) is 77.4 Å². The molecular weight excluding hydrogens is 478 g/mol. The van der Waals surface area contributed by atoms with Crippen molar-refractivity contribution >= 4 is 29.2 Å². The van der Waals surface area contributed by atoms with Crippen LogP contribution in [-0.2, 0) is 19.1 Å². The normalized spacial score (nSPS) is 36.6. The Morgan fingerprint density at radius 2 is 1.97 bits per heavy atom. The van der Waals surface area contributed by atoms with E-state index in [9.17, 15) is 19.8 Å². The Balaban J connectivity index is 1.89. The molecule has 1 aromatic rings. The van der Waals surface area contributed by atoms with Crippen LogP contribution in [0, 0.1) is 24.2 Å². The van der Waals surface area contributed by atoms with Gasteiger partial charge in [-0.3, -0.25) is 9.59 Å². The molecule has 2 fully saturated rings. The number of hydrogen-bond acceptors (Lipinski definition) is 8. The summed E-state index contributed by atoms with van der Waals surface area (Å²) < 4.78 is 12.0. The van der Waals surface area contributed by atoms with Crippen molar-refractivity contribution in [2.45, 2.75) is 104 Å². The number of aromatic nitrogens is 1. The second-order valence-corrected chi connectivity index (χ2v) is 12.2. The Morgan fingerprint density at radius 3 is 2.58 bits per heavy atom. The number of epoxide rings is 1. The molecule has 2 aliphatic heterocycles. The maximum Gasteiger partial charge on any atom is 0.309 e. The fourth-order valence-electron chi connectivity index (χ4n) is 5.16. The lowest BCUT2D eigenvalue weighted by molar-refractivity contribution is -0.154. The van der Waals surface area contributed by atoms with E-state index in [1.165, 1.54) is 0 Å². The maximum absolute atomic E-state index is 13.2. The van der Waals surface area contributed by atoms with Crippen LogP contribution < -0.4 is 0 Å². The average Bonchev–Trinajstić information content (AvgIpc) is 3.35. The lowest BCUT2D eigenvalue weighted by Crippen LogP contribution is -2.45. The molecule has 7 nitrogen and oxygen atoms in total. The largest absolute Gasteiger partial charge is 0.458 e. The van der Waals surface area contributed by atoms with E-state index in [4.69, 9.17) is 9.47 Å². The number of rotatable bonds is 3. The average molecular weight is 520 g/mol. The molecule has 1 aromatic heterocycles. The lowest BCUT2D eigenvalue weighted by atomic mass is 9.73. The molecule has 0 saturated carbocycles. The summed E-state index contributed by atoms with van der Waals surface area (Å²) >= 11 is 1.55. The van der Waals surface area contributed by atoms with Gasteiger partial charge in [-0.05, 0) is 50.7 Å². The Hall–Kier alpha value is -1.87. The third kappa shape index (κ3) is 6.33. The first kappa shape index (κ1) is 28.7. The van der Waals surface area contributed by atoms with Gasteiger partial charge in [0.05, 0.1) is 40.8 Å². The van der Waals surface area contributed by atoms with Gasteiger partial charge in [0.2, 0.25) is 0 Å². The number of Topliss-reactive ketones (excluding diaryl/α,β-unsaturated/α-hetero) is 1. The zero-order valence-corrected chi connectivity index (χ0v) is 23.1. The van der Waals surface area contributed by atoms with Crippen molar-refractivity contribution < 1.29 is 29.3 Å². The predicted octanol–water partition coefficient (Wildman–Crippen LogP) is 4.64. The van der Waals surface area contributed by atoms with Crippen LogP contribution in [0.2, 0.25) is 0 Å². The molecule has 36 heavy (non-hydrogen) atoms. The smallest absolute Gasteiger partial charge is 0.309 e. The fraction of sp³-hybridized carbons (Fsp3) is 0.679. The summed E-state index contributed by atoms with van der Waals surface area (Å²) in [5, 5.41) is 24.7. The Kier molecular flexibility index (Phi) is 8.97. The molecule has 0 unspecified atom stereocenters. The molecule has 7 atom stereocenters. The van der Waals surface area contributed by atoms with Crippen molar-refractivity contribution in [2.75, 3.05) is 0 Å². The molecule has 0 bridgehead atoms. The van der Waals surface area contributed by atoms with E-state index in [1.807, 2.05) is 38.3 Å². The van der Waals surface area contributed by atoms with E-state index in [0.717, 1.165) is 35.5 Å². The summed E-state index contributed by atoms with van der Waals surface area (Å²) in [4.78, 5) is 30.7. The second kappa shape index (κ2) is 11.3. The summed E-state index contributed by atoms with van der Waals surface area (Å²) in [6, 6.07) is 0. The van der Waals surface area contributed by atoms with Crippen LogP contribution in [0.5, 0.6) is 0 Å². The van der Waals surface area contributed by atoms with Crippen LogP contribution in [0.4, 0.5) is 0 Å². The minimum Gasteiger partial charge on any atom is -0.458 e. The van der Waals surface area contributed by atoms with Gasteiger partial charge < -0.3 is 19.7 Å². The molecule has 3 rings (SSSR count). The van der Waals surface area contributed by atoms with Gasteiger partial charge >= 0.3 is 5.97 Å². The van der Waals surface area contributed by atoms with Gasteiger partial charge in [-0.25, -0.2) is 4.98 Å². The summed E-state index contributed by atoms with van der Waals surface area (Å²) in [5.41, 5.74) is -0.0734. The van der Waals surface area contributed by atoms with Gasteiger partial charge in [-0.2, -0.15) is 0 Å². The number of ketones is 1. The Morgan fingerprint density at radius 1 is 1.28 bits per heavy atom. The maximum atomic E-state index is 13.2. The van der Waals surface area contributed by atoms with E-state index >= 15 is 0 Å². The highest BCUT2D eigenvalue weighted by Crippen LogP contribution is 2.46. The third-order valence-electron chi connectivity index (χ3n) is 7.98. The quantitative estimate of drug-likeness (QED) is 0.340. The van der Waals surface area contributed by atoms with Gasteiger partial charge in [0, 0.05) is 17.7 Å². The Bertz CT molecular complexity index is 1000. The fourth-order valence-corrected chi connectivity index (χ4v) is 5.73. The number of esters is 1. The highest BCUT2D eigenvalue weighted by Gasteiger charge is 2.54. The number of carbonyl (C=O) groups is 2. The zero-order chi connectivity index (χ0) is 26.8. The highest BCUT2D eigenvalue weighted by atomic mass is 32.1. The molecule has 2 saturated heterocycles. The van der Waals surface area contributed by atoms with Crippen LogP contribution in [-0.4, -0.2) is 57.0 Å². The molecule has 0 spiro atoms.